The zero-order valence-electron chi connectivity index (χ0n) is 17.1. The van der Waals surface area contributed by atoms with Gasteiger partial charge in [0.2, 0.25) is 11.2 Å². The molecule has 1 aromatic heterocycles. The molecule has 0 N–H and O–H groups in total. The highest BCUT2D eigenvalue weighted by atomic mass is 16.5. The zero-order valence-corrected chi connectivity index (χ0v) is 17.1. The molecule has 4 aromatic rings. The Morgan fingerprint density at radius 2 is 1.52 bits per heavy atom. The fraction of sp³-hybridized carbons (Fsp3) is 0.0769. The van der Waals surface area contributed by atoms with Gasteiger partial charge in [0.15, 0.2) is 0 Å². The van der Waals surface area contributed by atoms with E-state index in [4.69, 9.17) is 13.9 Å². The first-order valence-electron chi connectivity index (χ1n) is 9.74. The summed E-state index contributed by atoms with van der Waals surface area (Å²) >= 11 is 0. The normalized spacial score (nSPS) is 11.0. The first-order chi connectivity index (χ1) is 15.0. The standard InChI is InChI=1S/C26H20O5/c1-17-3-7-19(8-4-17)9-14-25(27)31-21-12-13-22-23(15-21)29-16-24(26(22)28)30-20-10-5-18(2)6-11-20/h3-16H,1-2H3. The first kappa shape index (κ1) is 20.2. The lowest BCUT2D eigenvalue weighted by atomic mass is 10.1. The molecule has 0 atom stereocenters. The molecule has 0 saturated heterocycles. The molecule has 0 spiro atoms. The van der Waals surface area contributed by atoms with Gasteiger partial charge in [0, 0.05) is 12.1 Å². The van der Waals surface area contributed by atoms with Crippen molar-refractivity contribution in [1.29, 1.82) is 0 Å². The van der Waals surface area contributed by atoms with E-state index >= 15 is 0 Å². The van der Waals surface area contributed by atoms with Gasteiger partial charge in [-0.1, -0.05) is 47.5 Å². The van der Waals surface area contributed by atoms with Crippen molar-refractivity contribution < 1.29 is 18.7 Å². The minimum atomic E-state index is -0.526. The van der Waals surface area contributed by atoms with Crippen molar-refractivity contribution in [1.82, 2.24) is 0 Å². The van der Waals surface area contributed by atoms with Crippen LogP contribution >= 0.6 is 0 Å². The van der Waals surface area contributed by atoms with Gasteiger partial charge in [-0.2, -0.15) is 0 Å². The third-order valence-electron chi connectivity index (χ3n) is 4.67. The third kappa shape index (κ3) is 4.90. The summed E-state index contributed by atoms with van der Waals surface area (Å²) < 4.78 is 16.5. The van der Waals surface area contributed by atoms with Crippen LogP contribution in [0.15, 0.2) is 88.3 Å². The number of hydrogen-bond acceptors (Lipinski definition) is 5. The van der Waals surface area contributed by atoms with Crippen molar-refractivity contribution in [3.63, 3.8) is 0 Å². The van der Waals surface area contributed by atoms with Gasteiger partial charge in [0.25, 0.3) is 0 Å². The molecule has 3 aromatic carbocycles. The van der Waals surface area contributed by atoms with Crippen LogP contribution in [-0.4, -0.2) is 5.97 Å². The predicted molar refractivity (Wildman–Crippen MR) is 120 cm³/mol. The van der Waals surface area contributed by atoms with Crippen molar-refractivity contribution in [2.24, 2.45) is 0 Å². The summed E-state index contributed by atoms with van der Waals surface area (Å²) in [6.45, 7) is 3.97. The van der Waals surface area contributed by atoms with Crippen LogP contribution in [0.2, 0.25) is 0 Å². The molecule has 0 aliphatic rings. The maximum Gasteiger partial charge on any atom is 0.336 e. The van der Waals surface area contributed by atoms with Crippen LogP contribution in [0.25, 0.3) is 17.0 Å². The summed E-state index contributed by atoms with van der Waals surface area (Å²) in [6, 6.07) is 19.7. The van der Waals surface area contributed by atoms with Crippen LogP contribution in [-0.2, 0) is 4.79 Å². The molecule has 4 rings (SSSR count). The van der Waals surface area contributed by atoms with Gasteiger partial charge < -0.3 is 13.9 Å². The summed E-state index contributed by atoms with van der Waals surface area (Å²) in [7, 11) is 0. The summed E-state index contributed by atoms with van der Waals surface area (Å²) in [4.78, 5) is 24.8. The molecule has 31 heavy (non-hydrogen) atoms. The largest absolute Gasteiger partial charge is 0.460 e. The van der Waals surface area contributed by atoms with Crippen molar-refractivity contribution in [2.75, 3.05) is 0 Å². The van der Waals surface area contributed by atoms with E-state index in [1.165, 1.54) is 18.4 Å². The molecule has 0 radical (unpaired) electrons. The number of esters is 1. The average Bonchev–Trinajstić information content (AvgIpc) is 2.77. The van der Waals surface area contributed by atoms with Crippen molar-refractivity contribution in [3.8, 4) is 17.2 Å². The minimum absolute atomic E-state index is 0.0853. The van der Waals surface area contributed by atoms with Crippen molar-refractivity contribution in [2.45, 2.75) is 13.8 Å². The molecular weight excluding hydrogens is 392 g/mol. The highest BCUT2D eigenvalue weighted by molar-refractivity contribution is 5.89. The lowest BCUT2D eigenvalue weighted by Crippen LogP contribution is -2.06. The molecule has 0 unspecified atom stereocenters. The highest BCUT2D eigenvalue weighted by Gasteiger charge is 2.11. The highest BCUT2D eigenvalue weighted by Crippen LogP contribution is 2.24. The third-order valence-corrected chi connectivity index (χ3v) is 4.67. The molecule has 0 fully saturated rings. The van der Waals surface area contributed by atoms with Crippen LogP contribution in [0.5, 0.6) is 17.2 Å². The SMILES string of the molecule is Cc1ccc(C=CC(=O)Oc2ccc3c(=O)c(Oc4ccc(C)cc4)coc3c2)cc1. The summed E-state index contributed by atoms with van der Waals surface area (Å²) in [5.41, 5.74) is 3.12. The fourth-order valence-corrected chi connectivity index (χ4v) is 2.95. The van der Waals surface area contributed by atoms with E-state index in [0.29, 0.717) is 16.7 Å². The van der Waals surface area contributed by atoms with Gasteiger partial charge in [-0.05, 0) is 49.8 Å². The van der Waals surface area contributed by atoms with E-state index < -0.39 is 5.97 Å². The van der Waals surface area contributed by atoms with E-state index in [-0.39, 0.29) is 16.9 Å². The topological polar surface area (TPSA) is 65.7 Å². The van der Waals surface area contributed by atoms with Crippen molar-refractivity contribution in [3.05, 3.63) is 106 Å². The Bertz CT molecular complexity index is 1310. The fourth-order valence-electron chi connectivity index (χ4n) is 2.95. The van der Waals surface area contributed by atoms with E-state index in [1.807, 2.05) is 50.2 Å². The lowest BCUT2D eigenvalue weighted by molar-refractivity contribution is -0.128. The second-order valence-corrected chi connectivity index (χ2v) is 7.17. The molecule has 0 aliphatic carbocycles. The number of carbonyl (C=O) groups excluding carboxylic acids is 1. The average molecular weight is 412 g/mol. The van der Waals surface area contributed by atoms with Crippen LogP contribution < -0.4 is 14.9 Å². The Balaban J connectivity index is 1.50. The Hall–Kier alpha value is -4.12. The smallest absolute Gasteiger partial charge is 0.336 e. The second-order valence-electron chi connectivity index (χ2n) is 7.17. The Morgan fingerprint density at radius 1 is 0.871 bits per heavy atom. The van der Waals surface area contributed by atoms with Crippen molar-refractivity contribution >= 4 is 23.0 Å². The zero-order chi connectivity index (χ0) is 21.8. The second kappa shape index (κ2) is 8.71. The summed E-state index contributed by atoms with van der Waals surface area (Å²) in [6.07, 6.45) is 4.29. The number of carbonyl (C=O) groups is 1. The van der Waals surface area contributed by atoms with Gasteiger partial charge in [0.05, 0.1) is 5.39 Å². The van der Waals surface area contributed by atoms with Crippen LogP contribution in [0, 0.1) is 13.8 Å². The number of rotatable bonds is 5. The maximum absolute atomic E-state index is 12.7. The van der Waals surface area contributed by atoms with Gasteiger partial charge >= 0.3 is 5.97 Å². The van der Waals surface area contributed by atoms with E-state index in [0.717, 1.165) is 16.7 Å². The van der Waals surface area contributed by atoms with Gasteiger partial charge in [-0.25, -0.2) is 4.79 Å². The van der Waals surface area contributed by atoms with Crippen LogP contribution in [0.1, 0.15) is 16.7 Å². The summed E-state index contributed by atoms with van der Waals surface area (Å²) in [5.74, 6) is 0.383. The maximum atomic E-state index is 12.7. The Labute approximate surface area is 179 Å². The minimum Gasteiger partial charge on any atom is -0.460 e. The molecule has 5 nitrogen and oxygen atoms in total. The van der Waals surface area contributed by atoms with E-state index in [2.05, 4.69) is 0 Å². The number of aryl methyl sites for hydroxylation is 2. The lowest BCUT2D eigenvalue weighted by Gasteiger charge is -2.07. The summed E-state index contributed by atoms with van der Waals surface area (Å²) in [5, 5.41) is 0.333. The van der Waals surface area contributed by atoms with Gasteiger partial charge in [-0.3, -0.25) is 4.79 Å². The molecule has 1 heterocycles. The number of fused-ring (bicyclic) bond motifs is 1. The van der Waals surface area contributed by atoms with E-state index in [9.17, 15) is 9.59 Å². The Morgan fingerprint density at radius 3 is 2.23 bits per heavy atom. The van der Waals surface area contributed by atoms with E-state index in [1.54, 1.807) is 30.3 Å². The number of hydrogen-bond donors (Lipinski definition) is 0. The molecule has 5 heteroatoms. The monoisotopic (exact) mass is 412 g/mol. The molecule has 0 aliphatic heterocycles. The molecular formula is C26H20O5. The quantitative estimate of drug-likeness (QED) is 0.235. The number of ether oxygens (including phenoxy) is 2. The molecule has 0 amide bonds. The van der Waals surface area contributed by atoms with Crippen LogP contribution in [0.4, 0.5) is 0 Å². The van der Waals surface area contributed by atoms with Gasteiger partial charge in [-0.15, -0.1) is 0 Å². The Kier molecular flexibility index (Phi) is 5.67. The van der Waals surface area contributed by atoms with Gasteiger partial charge in [0.1, 0.15) is 23.3 Å². The molecule has 0 bridgehead atoms. The molecule has 154 valence electrons. The van der Waals surface area contributed by atoms with Crippen LogP contribution in [0.3, 0.4) is 0 Å². The molecule has 0 saturated carbocycles. The number of benzene rings is 3. The predicted octanol–water partition coefficient (Wildman–Crippen LogP) is 5.82. The first-order valence-corrected chi connectivity index (χ1v) is 9.74.